The van der Waals surface area contributed by atoms with Crippen molar-refractivity contribution in [2.24, 2.45) is 0 Å². The largest absolute Gasteiger partial charge is 0.336 e. The number of hydrogen-bond donors (Lipinski definition) is 1. The number of aromatic nitrogens is 4. The minimum Gasteiger partial charge on any atom is -0.336 e. The van der Waals surface area contributed by atoms with Crippen LogP contribution in [0.15, 0.2) is 30.3 Å². The molecule has 1 aromatic carbocycles. The lowest BCUT2D eigenvalue weighted by molar-refractivity contribution is -0.122. The van der Waals surface area contributed by atoms with E-state index < -0.39 is 5.54 Å². The molecule has 0 spiro atoms. The fraction of sp³-hybridized carbons (Fsp3) is 0.308. The summed E-state index contributed by atoms with van der Waals surface area (Å²) in [4.78, 5) is 13.0. The maximum Gasteiger partial charge on any atom is 0.244 e. The Morgan fingerprint density at radius 1 is 1.40 bits per heavy atom. The van der Waals surface area contributed by atoms with Crippen LogP contribution in [0, 0.1) is 11.3 Å². The Labute approximate surface area is 115 Å². The lowest BCUT2D eigenvalue weighted by Gasteiger charge is -2.07. The summed E-state index contributed by atoms with van der Waals surface area (Å²) in [5, 5.41) is 23.5. The quantitative estimate of drug-likeness (QED) is 0.871. The van der Waals surface area contributed by atoms with Crippen LogP contribution >= 0.6 is 0 Å². The molecule has 1 aliphatic rings. The van der Waals surface area contributed by atoms with Crippen molar-refractivity contribution in [1.29, 1.82) is 5.26 Å². The number of benzene rings is 1. The average molecular weight is 268 g/mol. The fourth-order valence-electron chi connectivity index (χ4n) is 1.84. The Morgan fingerprint density at radius 2 is 2.15 bits per heavy atom. The summed E-state index contributed by atoms with van der Waals surface area (Å²) in [7, 11) is 0. The van der Waals surface area contributed by atoms with Crippen LogP contribution in [-0.4, -0.2) is 31.7 Å². The number of nitrogens with one attached hydrogen (secondary N) is 1. The molecule has 0 saturated heterocycles. The fourth-order valence-corrected chi connectivity index (χ4v) is 1.84. The highest BCUT2D eigenvalue weighted by molar-refractivity contribution is 5.77. The van der Waals surface area contributed by atoms with Gasteiger partial charge in [0.1, 0.15) is 12.1 Å². The molecule has 0 atom stereocenters. The number of hydrogen-bond acceptors (Lipinski definition) is 5. The van der Waals surface area contributed by atoms with Crippen LogP contribution in [0.2, 0.25) is 0 Å². The third kappa shape index (κ3) is 2.49. The molecule has 0 radical (unpaired) electrons. The van der Waals surface area contributed by atoms with Crippen LogP contribution < -0.4 is 5.32 Å². The van der Waals surface area contributed by atoms with Gasteiger partial charge in [-0.05, 0) is 18.1 Å². The SMILES string of the molecule is N#CC1(NC(=O)Cn2nnc(-c3ccccc3)n2)CC1. The summed E-state index contributed by atoms with van der Waals surface area (Å²) in [6, 6.07) is 11.5. The molecule has 100 valence electrons. The predicted octanol–water partition coefficient (Wildman–Crippen LogP) is 0.512. The van der Waals surface area contributed by atoms with Crippen molar-refractivity contribution in [3.05, 3.63) is 30.3 Å². The number of nitriles is 1. The van der Waals surface area contributed by atoms with Crippen molar-refractivity contribution < 1.29 is 4.79 Å². The van der Waals surface area contributed by atoms with Crippen molar-refractivity contribution in [1.82, 2.24) is 25.5 Å². The highest BCUT2D eigenvalue weighted by atomic mass is 16.2. The van der Waals surface area contributed by atoms with E-state index >= 15 is 0 Å². The Hall–Kier alpha value is -2.75. The molecule has 1 amide bonds. The van der Waals surface area contributed by atoms with Crippen LogP contribution in [0.3, 0.4) is 0 Å². The average Bonchev–Trinajstić information content (AvgIpc) is 3.08. The summed E-state index contributed by atoms with van der Waals surface area (Å²) < 4.78 is 0. The second kappa shape index (κ2) is 4.74. The second-order valence-corrected chi connectivity index (χ2v) is 4.75. The Balaban J connectivity index is 1.66. The van der Waals surface area contributed by atoms with Crippen LogP contribution in [-0.2, 0) is 11.3 Å². The van der Waals surface area contributed by atoms with Crippen molar-refractivity contribution in [3.8, 4) is 17.5 Å². The molecule has 7 nitrogen and oxygen atoms in total. The molecule has 1 N–H and O–H groups in total. The van der Waals surface area contributed by atoms with Crippen molar-refractivity contribution in [2.75, 3.05) is 0 Å². The van der Waals surface area contributed by atoms with Crippen molar-refractivity contribution >= 4 is 5.91 Å². The molecule has 7 heteroatoms. The van der Waals surface area contributed by atoms with Gasteiger partial charge >= 0.3 is 0 Å². The van der Waals surface area contributed by atoms with Crippen LogP contribution in [0.5, 0.6) is 0 Å². The van der Waals surface area contributed by atoms with Gasteiger partial charge in [-0.15, -0.1) is 10.2 Å². The topological polar surface area (TPSA) is 96.5 Å². The molecule has 2 aromatic rings. The maximum atomic E-state index is 11.8. The zero-order chi connectivity index (χ0) is 14.0. The van der Waals surface area contributed by atoms with Gasteiger partial charge in [-0.2, -0.15) is 10.1 Å². The van der Waals surface area contributed by atoms with Gasteiger partial charge in [-0.3, -0.25) is 4.79 Å². The molecule has 0 bridgehead atoms. The van der Waals surface area contributed by atoms with Crippen LogP contribution in [0.1, 0.15) is 12.8 Å². The molecule has 1 heterocycles. The third-order valence-electron chi connectivity index (χ3n) is 3.11. The van der Waals surface area contributed by atoms with Gasteiger partial charge in [0.05, 0.1) is 6.07 Å². The smallest absolute Gasteiger partial charge is 0.244 e. The number of tetrazole rings is 1. The first-order chi connectivity index (χ1) is 9.71. The Kier molecular flexibility index (Phi) is 2.91. The van der Waals surface area contributed by atoms with Crippen molar-refractivity contribution in [2.45, 2.75) is 24.9 Å². The Bertz CT molecular complexity index is 668. The molecule has 20 heavy (non-hydrogen) atoms. The van der Waals surface area contributed by atoms with E-state index in [1.165, 1.54) is 4.80 Å². The predicted molar refractivity (Wildman–Crippen MR) is 69.0 cm³/mol. The van der Waals surface area contributed by atoms with E-state index in [4.69, 9.17) is 5.26 Å². The van der Waals surface area contributed by atoms with E-state index in [9.17, 15) is 4.79 Å². The van der Waals surface area contributed by atoms with E-state index in [2.05, 4.69) is 26.8 Å². The van der Waals surface area contributed by atoms with Gasteiger partial charge in [0.15, 0.2) is 0 Å². The van der Waals surface area contributed by atoms with Gasteiger partial charge in [0, 0.05) is 5.56 Å². The lowest BCUT2D eigenvalue weighted by atomic mass is 10.2. The number of carbonyl (C=O) groups is 1. The van der Waals surface area contributed by atoms with Crippen LogP contribution in [0.4, 0.5) is 0 Å². The molecule has 0 unspecified atom stereocenters. The summed E-state index contributed by atoms with van der Waals surface area (Å²) in [6.07, 6.45) is 1.41. The van der Waals surface area contributed by atoms with E-state index in [1.54, 1.807) is 0 Å². The van der Waals surface area contributed by atoms with Gasteiger partial charge in [-0.1, -0.05) is 30.3 Å². The van der Waals surface area contributed by atoms with Crippen molar-refractivity contribution in [3.63, 3.8) is 0 Å². The minimum atomic E-state index is -0.667. The third-order valence-corrected chi connectivity index (χ3v) is 3.11. The number of carbonyl (C=O) groups excluding carboxylic acids is 1. The normalized spacial score (nSPS) is 15.3. The monoisotopic (exact) mass is 268 g/mol. The molecule has 3 rings (SSSR count). The number of rotatable bonds is 4. The molecule has 1 aromatic heterocycles. The Morgan fingerprint density at radius 3 is 2.80 bits per heavy atom. The zero-order valence-corrected chi connectivity index (χ0v) is 10.7. The highest BCUT2D eigenvalue weighted by Crippen LogP contribution is 2.34. The van der Waals surface area contributed by atoms with Gasteiger partial charge in [-0.25, -0.2) is 0 Å². The first-order valence-electron chi connectivity index (χ1n) is 6.26. The maximum absolute atomic E-state index is 11.8. The van der Waals surface area contributed by atoms with Crippen LogP contribution in [0.25, 0.3) is 11.4 Å². The molecule has 1 fully saturated rings. The van der Waals surface area contributed by atoms with E-state index in [1.807, 2.05) is 30.3 Å². The zero-order valence-electron chi connectivity index (χ0n) is 10.7. The number of nitrogens with zero attached hydrogens (tertiary/aromatic N) is 5. The standard InChI is InChI=1S/C13H12N6O/c14-9-13(6-7-13)15-11(20)8-19-17-12(16-18-19)10-4-2-1-3-5-10/h1-5H,6-8H2,(H,15,20). The highest BCUT2D eigenvalue weighted by Gasteiger charge is 2.44. The summed E-state index contributed by atoms with van der Waals surface area (Å²) in [5.41, 5.74) is 0.176. The lowest BCUT2D eigenvalue weighted by Crippen LogP contribution is -2.38. The number of amides is 1. The minimum absolute atomic E-state index is 0.0384. The molecular formula is C13H12N6O. The van der Waals surface area contributed by atoms with Gasteiger partial charge < -0.3 is 5.32 Å². The molecule has 1 aliphatic carbocycles. The first kappa shape index (κ1) is 12.3. The van der Waals surface area contributed by atoms with E-state index in [0.29, 0.717) is 18.7 Å². The second-order valence-electron chi connectivity index (χ2n) is 4.75. The molecule has 0 aliphatic heterocycles. The summed E-state index contributed by atoms with van der Waals surface area (Å²) >= 11 is 0. The first-order valence-corrected chi connectivity index (χ1v) is 6.26. The van der Waals surface area contributed by atoms with Gasteiger partial charge in [0.25, 0.3) is 0 Å². The molecule has 1 saturated carbocycles. The van der Waals surface area contributed by atoms with E-state index in [-0.39, 0.29) is 12.5 Å². The van der Waals surface area contributed by atoms with E-state index in [0.717, 1.165) is 5.56 Å². The molecular weight excluding hydrogens is 256 g/mol. The summed E-state index contributed by atoms with van der Waals surface area (Å²) in [5.74, 6) is 0.195. The summed E-state index contributed by atoms with van der Waals surface area (Å²) in [6.45, 7) is -0.0384. The van der Waals surface area contributed by atoms with Gasteiger partial charge in [0.2, 0.25) is 11.7 Å².